The minimum absolute atomic E-state index is 0.332. The number of hydrogen-bond donors (Lipinski definition) is 0. The molecule has 4 nitrogen and oxygen atoms in total. The highest BCUT2D eigenvalue weighted by atomic mass is 19.1. The van der Waals surface area contributed by atoms with Crippen LogP contribution in [0.5, 0.6) is 0 Å². The first-order valence-electron chi connectivity index (χ1n) is 9.31. The van der Waals surface area contributed by atoms with Crippen LogP contribution < -0.4 is 9.96 Å². The average Bonchev–Trinajstić information content (AvgIpc) is 3.11. The molecule has 4 aromatic rings. The van der Waals surface area contributed by atoms with E-state index in [0.717, 1.165) is 27.7 Å². The number of benzene rings is 4. The first kappa shape index (κ1) is 17.3. The number of para-hydroxylation sites is 1. The maximum Gasteiger partial charge on any atom is 0.441 e. The maximum atomic E-state index is 13.6. The lowest BCUT2D eigenvalue weighted by atomic mass is 10.1. The van der Waals surface area contributed by atoms with Gasteiger partial charge in [-0.25, -0.2) is 14.1 Å². The summed E-state index contributed by atoms with van der Waals surface area (Å²) in [7, 11) is 0. The average molecular weight is 384 g/mol. The summed E-state index contributed by atoms with van der Waals surface area (Å²) in [4.78, 5) is 20.3. The topological polar surface area (TPSA) is 32.8 Å². The highest BCUT2D eigenvalue weighted by Gasteiger charge is 2.43. The highest BCUT2D eigenvalue weighted by Crippen LogP contribution is 2.41. The predicted molar refractivity (Wildman–Crippen MR) is 111 cm³/mol. The SMILES string of the molecule is O=C1ON(c2ccccc2)C(c2ccc(F)cc2)N1c1cccc2ccccc12. The van der Waals surface area contributed by atoms with E-state index in [9.17, 15) is 9.18 Å². The van der Waals surface area contributed by atoms with Gasteiger partial charge in [-0.1, -0.05) is 66.7 Å². The van der Waals surface area contributed by atoms with E-state index in [1.165, 1.54) is 12.1 Å². The van der Waals surface area contributed by atoms with Crippen LogP contribution in [0.25, 0.3) is 10.8 Å². The molecule has 1 aliphatic rings. The molecule has 1 fully saturated rings. The molecule has 0 aromatic heterocycles. The molecular formula is C24H17FN2O2. The van der Waals surface area contributed by atoms with Gasteiger partial charge >= 0.3 is 6.09 Å². The second kappa shape index (κ2) is 6.95. The molecular weight excluding hydrogens is 367 g/mol. The Hall–Kier alpha value is -3.86. The van der Waals surface area contributed by atoms with Crippen LogP contribution in [0.2, 0.25) is 0 Å². The number of fused-ring (bicyclic) bond motifs is 1. The summed E-state index contributed by atoms with van der Waals surface area (Å²) in [6.45, 7) is 0. The third kappa shape index (κ3) is 2.97. The third-order valence-corrected chi connectivity index (χ3v) is 5.04. The summed E-state index contributed by atoms with van der Waals surface area (Å²) < 4.78 is 13.6. The molecule has 1 saturated heterocycles. The maximum absolute atomic E-state index is 13.6. The van der Waals surface area contributed by atoms with Crippen molar-refractivity contribution >= 4 is 28.2 Å². The van der Waals surface area contributed by atoms with Gasteiger partial charge in [-0.2, -0.15) is 5.06 Å². The van der Waals surface area contributed by atoms with Gasteiger partial charge in [-0.05, 0) is 41.3 Å². The zero-order valence-corrected chi connectivity index (χ0v) is 15.4. The van der Waals surface area contributed by atoms with Crippen molar-refractivity contribution in [1.82, 2.24) is 0 Å². The first-order chi connectivity index (χ1) is 14.2. The summed E-state index contributed by atoms with van der Waals surface area (Å²) in [5.74, 6) is -0.332. The monoisotopic (exact) mass is 384 g/mol. The number of hydrogen-bond acceptors (Lipinski definition) is 3. The van der Waals surface area contributed by atoms with Crippen LogP contribution in [0.15, 0.2) is 97.1 Å². The minimum atomic E-state index is -0.573. The fourth-order valence-corrected chi connectivity index (χ4v) is 3.72. The Kier molecular flexibility index (Phi) is 4.13. The first-order valence-corrected chi connectivity index (χ1v) is 9.31. The van der Waals surface area contributed by atoms with Crippen LogP contribution in [-0.4, -0.2) is 6.09 Å². The van der Waals surface area contributed by atoms with E-state index in [1.54, 1.807) is 22.1 Å². The summed E-state index contributed by atoms with van der Waals surface area (Å²) in [5.41, 5.74) is 2.22. The van der Waals surface area contributed by atoms with E-state index in [0.29, 0.717) is 0 Å². The van der Waals surface area contributed by atoms with E-state index < -0.39 is 12.3 Å². The van der Waals surface area contributed by atoms with Gasteiger partial charge in [-0.3, -0.25) is 0 Å². The van der Waals surface area contributed by atoms with Gasteiger partial charge in [0, 0.05) is 5.39 Å². The number of amides is 1. The van der Waals surface area contributed by atoms with Crippen LogP contribution >= 0.6 is 0 Å². The van der Waals surface area contributed by atoms with E-state index in [2.05, 4.69) is 0 Å². The lowest BCUT2D eigenvalue weighted by molar-refractivity contribution is 0.164. The molecule has 0 N–H and O–H groups in total. The van der Waals surface area contributed by atoms with Crippen molar-refractivity contribution in [2.24, 2.45) is 0 Å². The van der Waals surface area contributed by atoms with Crippen molar-refractivity contribution in [3.8, 4) is 0 Å². The second-order valence-corrected chi connectivity index (χ2v) is 6.81. The molecule has 1 atom stereocenters. The molecule has 0 bridgehead atoms. The molecule has 0 saturated carbocycles. The summed E-state index contributed by atoms with van der Waals surface area (Å²) in [5, 5.41) is 3.53. The quantitative estimate of drug-likeness (QED) is 0.431. The summed E-state index contributed by atoms with van der Waals surface area (Å²) in [6.07, 6.45) is -1.06. The molecule has 29 heavy (non-hydrogen) atoms. The molecule has 1 amide bonds. The number of hydroxylamine groups is 1. The van der Waals surface area contributed by atoms with Gasteiger partial charge in [0.05, 0.1) is 11.4 Å². The Morgan fingerprint density at radius 3 is 2.24 bits per heavy atom. The smallest absolute Gasteiger partial charge is 0.319 e. The molecule has 5 heteroatoms. The van der Waals surface area contributed by atoms with E-state index in [-0.39, 0.29) is 5.82 Å². The molecule has 1 heterocycles. The van der Waals surface area contributed by atoms with E-state index in [1.807, 2.05) is 72.8 Å². The van der Waals surface area contributed by atoms with Crippen molar-refractivity contribution in [2.75, 3.05) is 9.96 Å². The fraction of sp³-hybridized carbons (Fsp3) is 0.0417. The number of carbonyl (C=O) groups is 1. The molecule has 5 rings (SSSR count). The lowest BCUT2D eigenvalue weighted by Gasteiger charge is -2.28. The number of rotatable bonds is 3. The molecule has 1 unspecified atom stereocenters. The van der Waals surface area contributed by atoms with E-state index in [4.69, 9.17) is 4.84 Å². The molecule has 0 radical (unpaired) electrons. The zero-order chi connectivity index (χ0) is 19.8. The van der Waals surface area contributed by atoms with Crippen LogP contribution in [0.3, 0.4) is 0 Å². The second-order valence-electron chi connectivity index (χ2n) is 6.81. The van der Waals surface area contributed by atoms with Crippen molar-refractivity contribution < 1.29 is 14.0 Å². The third-order valence-electron chi connectivity index (χ3n) is 5.04. The van der Waals surface area contributed by atoms with Gasteiger partial charge in [0.2, 0.25) is 0 Å². The van der Waals surface area contributed by atoms with Crippen LogP contribution in [0, 0.1) is 5.82 Å². The van der Waals surface area contributed by atoms with Crippen molar-refractivity contribution in [1.29, 1.82) is 0 Å². The number of anilines is 2. The molecule has 0 aliphatic carbocycles. The summed E-state index contributed by atoms with van der Waals surface area (Å²) >= 11 is 0. The Bertz CT molecular complexity index is 1170. The molecule has 1 aliphatic heterocycles. The fourth-order valence-electron chi connectivity index (χ4n) is 3.72. The lowest BCUT2D eigenvalue weighted by Crippen LogP contribution is -2.31. The standard InChI is InChI=1S/C24H17FN2O2/c25-19-15-13-18(14-16-19)23-26(22-12-6-8-17-7-4-5-11-21(17)22)24(28)29-27(23)20-9-2-1-3-10-20/h1-16,23H. The van der Waals surface area contributed by atoms with Crippen LogP contribution in [0.4, 0.5) is 20.6 Å². The largest absolute Gasteiger partial charge is 0.441 e. The van der Waals surface area contributed by atoms with Crippen LogP contribution in [-0.2, 0) is 4.84 Å². The van der Waals surface area contributed by atoms with Gasteiger partial charge in [0.25, 0.3) is 0 Å². The van der Waals surface area contributed by atoms with Crippen molar-refractivity contribution in [3.63, 3.8) is 0 Å². The molecule has 0 spiro atoms. The predicted octanol–water partition coefficient (Wildman–Crippen LogP) is 6.06. The Morgan fingerprint density at radius 2 is 1.45 bits per heavy atom. The normalized spacial score (nSPS) is 16.3. The number of carbonyl (C=O) groups excluding carboxylic acids is 1. The highest BCUT2D eigenvalue weighted by molar-refractivity contribution is 6.03. The zero-order valence-electron chi connectivity index (χ0n) is 15.4. The van der Waals surface area contributed by atoms with Crippen molar-refractivity contribution in [2.45, 2.75) is 6.17 Å². The van der Waals surface area contributed by atoms with Gasteiger partial charge in [-0.15, -0.1) is 0 Å². The van der Waals surface area contributed by atoms with Crippen LogP contribution in [0.1, 0.15) is 11.7 Å². The van der Waals surface area contributed by atoms with Gasteiger partial charge in [0.1, 0.15) is 5.82 Å². The number of halogens is 1. The Balaban J connectivity index is 1.70. The van der Waals surface area contributed by atoms with Gasteiger partial charge in [0.15, 0.2) is 6.17 Å². The van der Waals surface area contributed by atoms with Gasteiger partial charge < -0.3 is 4.84 Å². The van der Waals surface area contributed by atoms with Crippen molar-refractivity contribution in [3.05, 3.63) is 108 Å². The molecule has 4 aromatic carbocycles. The Labute approximate surface area is 167 Å². The minimum Gasteiger partial charge on any atom is -0.319 e. The van der Waals surface area contributed by atoms with E-state index >= 15 is 0 Å². The Morgan fingerprint density at radius 1 is 0.759 bits per heavy atom. The molecule has 142 valence electrons. The number of nitrogens with zero attached hydrogens (tertiary/aromatic N) is 2. The summed E-state index contributed by atoms with van der Waals surface area (Å²) in [6, 6.07) is 29.2.